The summed E-state index contributed by atoms with van der Waals surface area (Å²) in [6, 6.07) is 0. The maximum absolute atomic E-state index is 13.5. The van der Waals surface area contributed by atoms with Gasteiger partial charge in [-0.1, -0.05) is 0 Å². The van der Waals surface area contributed by atoms with Gasteiger partial charge in [-0.05, 0) is 50.9 Å². The van der Waals surface area contributed by atoms with Crippen molar-refractivity contribution >= 4 is 16.1 Å². The highest BCUT2D eigenvalue weighted by Crippen LogP contribution is 2.46. The Morgan fingerprint density at radius 2 is 1.92 bits per heavy atom. The first-order chi connectivity index (χ1) is 12.1. The number of alkyl halides is 2. The molecule has 0 aromatic carbocycles. The summed E-state index contributed by atoms with van der Waals surface area (Å²) in [6.45, 7) is 2.08. The van der Waals surface area contributed by atoms with E-state index in [1.165, 1.54) is 0 Å². The van der Waals surface area contributed by atoms with Gasteiger partial charge < -0.3 is 14.2 Å². The molecule has 150 valence electrons. The molecule has 26 heavy (non-hydrogen) atoms. The summed E-state index contributed by atoms with van der Waals surface area (Å²) in [7, 11) is -5.64. The maximum atomic E-state index is 13.5. The van der Waals surface area contributed by atoms with Gasteiger partial charge in [0.15, 0.2) is 6.10 Å². The van der Waals surface area contributed by atoms with Gasteiger partial charge in [-0.3, -0.25) is 9.35 Å². The van der Waals surface area contributed by atoms with E-state index >= 15 is 0 Å². The zero-order valence-corrected chi connectivity index (χ0v) is 15.3. The molecule has 3 fully saturated rings. The molecule has 0 bridgehead atoms. The molecule has 2 saturated carbocycles. The number of ether oxygens (including phenoxy) is 3. The minimum absolute atomic E-state index is 0.123. The first kappa shape index (κ1) is 19.9. The van der Waals surface area contributed by atoms with E-state index in [9.17, 15) is 22.0 Å². The summed E-state index contributed by atoms with van der Waals surface area (Å²) in [5, 5.41) is -4.53. The van der Waals surface area contributed by atoms with Crippen molar-refractivity contribution in [3.8, 4) is 0 Å². The van der Waals surface area contributed by atoms with Crippen LogP contribution in [0.3, 0.4) is 0 Å². The number of hydrogen-bond donors (Lipinski definition) is 1. The molecule has 3 aliphatic rings. The van der Waals surface area contributed by atoms with Crippen LogP contribution in [-0.2, 0) is 29.1 Å². The van der Waals surface area contributed by atoms with Crippen molar-refractivity contribution in [1.82, 2.24) is 0 Å². The van der Waals surface area contributed by atoms with E-state index in [0.29, 0.717) is 25.4 Å². The number of carbonyl (C=O) groups is 1. The molecule has 1 saturated heterocycles. The van der Waals surface area contributed by atoms with Crippen LogP contribution in [0, 0.1) is 17.8 Å². The van der Waals surface area contributed by atoms with Crippen LogP contribution >= 0.6 is 0 Å². The summed E-state index contributed by atoms with van der Waals surface area (Å²) in [6.07, 6.45) is 1.76. The van der Waals surface area contributed by atoms with Crippen LogP contribution in [0.15, 0.2) is 0 Å². The molecule has 0 aromatic rings. The first-order valence-corrected chi connectivity index (χ1v) is 10.3. The van der Waals surface area contributed by atoms with Crippen molar-refractivity contribution in [3.05, 3.63) is 0 Å². The number of rotatable bonds is 7. The van der Waals surface area contributed by atoms with Crippen LogP contribution < -0.4 is 0 Å². The lowest BCUT2D eigenvalue weighted by Gasteiger charge is -2.31. The van der Waals surface area contributed by atoms with Crippen molar-refractivity contribution < 1.29 is 40.8 Å². The Balaban J connectivity index is 1.50. The molecule has 2 aliphatic carbocycles. The Bertz CT molecular complexity index is 635. The van der Waals surface area contributed by atoms with E-state index in [0.717, 1.165) is 32.8 Å². The largest absolute Gasteiger partial charge is 0.455 e. The lowest BCUT2D eigenvalue weighted by molar-refractivity contribution is -0.164. The summed E-state index contributed by atoms with van der Waals surface area (Å²) in [4.78, 5) is 12.2. The van der Waals surface area contributed by atoms with Crippen LogP contribution in [0.2, 0.25) is 0 Å². The monoisotopic (exact) mass is 398 g/mol. The van der Waals surface area contributed by atoms with E-state index < -0.39 is 33.4 Å². The molecule has 3 rings (SSSR count). The SMILES string of the molecule is CC(OC(=O)C1CC2CCC(OCC3CO3)CC2C1)C(F)(F)S(=O)(=O)O. The van der Waals surface area contributed by atoms with E-state index in [2.05, 4.69) is 4.74 Å². The second-order valence-corrected chi connectivity index (χ2v) is 9.02. The standard InChI is InChI=1S/C16H24F2O7S/c1-9(16(17,18)26(20,21)22)25-15(19)12-4-10-2-3-13(6-11(10)5-12)23-7-14-8-24-14/h9-14H,2-8H2,1H3,(H,20,21,22). The molecule has 6 atom stereocenters. The smallest absolute Gasteiger partial charge is 0.405 e. The van der Waals surface area contributed by atoms with E-state index in [1.54, 1.807) is 0 Å². The van der Waals surface area contributed by atoms with Crippen molar-refractivity contribution in [2.45, 2.75) is 62.6 Å². The highest BCUT2D eigenvalue weighted by Gasteiger charge is 2.53. The second kappa shape index (κ2) is 7.29. The number of fused-ring (bicyclic) bond motifs is 1. The van der Waals surface area contributed by atoms with Gasteiger partial charge in [0.25, 0.3) is 0 Å². The zero-order valence-electron chi connectivity index (χ0n) is 14.5. The highest BCUT2D eigenvalue weighted by molar-refractivity contribution is 7.86. The number of epoxide rings is 1. The van der Waals surface area contributed by atoms with Crippen molar-refractivity contribution in [2.24, 2.45) is 17.8 Å². The summed E-state index contributed by atoms with van der Waals surface area (Å²) >= 11 is 0. The van der Waals surface area contributed by atoms with Crippen LogP contribution in [-0.4, -0.2) is 55.7 Å². The third kappa shape index (κ3) is 4.35. The lowest BCUT2D eigenvalue weighted by Crippen LogP contribution is -2.42. The quantitative estimate of drug-likeness (QED) is 0.397. The lowest BCUT2D eigenvalue weighted by atomic mass is 9.80. The van der Waals surface area contributed by atoms with Gasteiger partial charge >= 0.3 is 21.3 Å². The highest BCUT2D eigenvalue weighted by atomic mass is 32.2. The molecule has 6 unspecified atom stereocenters. The Hall–Kier alpha value is -0.840. The summed E-state index contributed by atoms with van der Waals surface area (Å²) in [5.74, 6) is -0.778. The average Bonchev–Trinajstić information content (AvgIpc) is 3.28. The van der Waals surface area contributed by atoms with E-state index in [4.69, 9.17) is 14.0 Å². The number of carbonyl (C=O) groups excluding carboxylic acids is 1. The minimum atomic E-state index is -5.64. The number of halogens is 2. The van der Waals surface area contributed by atoms with Crippen LogP contribution in [0.5, 0.6) is 0 Å². The Labute approximate surface area is 151 Å². The van der Waals surface area contributed by atoms with Crippen LogP contribution in [0.25, 0.3) is 0 Å². The van der Waals surface area contributed by atoms with Gasteiger partial charge in [0.05, 0.1) is 25.2 Å². The van der Waals surface area contributed by atoms with Gasteiger partial charge in [-0.15, -0.1) is 0 Å². The van der Waals surface area contributed by atoms with E-state index in [1.807, 2.05) is 0 Å². The second-order valence-electron chi connectivity index (χ2n) is 7.53. The molecule has 10 heteroatoms. The molecule has 1 N–H and O–H groups in total. The fraction of sp³-hybridized carbons (Fsp3) is 0.938. The molecule has 1 aliphatic heterocycles. The average molecular weight is 398 g/mol. The Kier molecular flexibility index (Phi) is 5.58. The molecular formula is C16H24F2O7S. The van der Waals surface area contributed by atoms with Crippen molar-refractivity contribution in [1.29, 1.82) is 0 Å². The summed E-state index contributed by atoms with van der Waals surface area (Å²) in [5.41, 5.74) is 0. The van der Waals surface area contributed by atoms with Gasteiger partial charge in [0.2, 0.25) is 0 Å². The predicted molar refractivity (Wildman–Crippen MR) is 85.1 cm³/mol. The fourth-order valence-electron chi connectivity index (χ4n) is 4.01. The molecule has 1 heterocycles. The maximum Gasteiger partial charge on any atom is 0.405 e. The van der Waals surface area contributed by atoms with Gasteiger partial charge in [-0.25, -0.2) is 0 Å². The topological polar surface area (TPSA) is 102 Å². The predicted octanol–water partition coefficient (Wildman–Crippen LogP) is 2.01. The molecule has 0 spiro atoms. The van der Waals surface area contributed by atoms with E-state index in [-0.39, 0.29) is 18.1 Å². The van der Waals surface area contributed by atoms with Gasteiger partial charge in [0.1, 0.15) is 6.10 Å². The zero-order chi connectivity index (χ0) is 19.1. The third-order valence-corrected chi connectivity index (χ3v) is 6.65. The Morgan fingerprint density at radius 1 is 1.27 bits per heavy atom. The first-order valence-electron chi connectivity index (χ1n) is 8.86. The molecule has 7 nitrogen and oxygen atoms in total. The normalized spacial score (nSPS) is 35.6. The Morgan fingerprint density at radius 3 is 2.54 bits per heavy atom. The minimum Gasteiger partial charge on any atom is -0.455 e. The molecular weight excluding hydrogens is 374 g/mol. The number of esters is 1. The fourth-order valence-corrected chi connectivity index (χ4v) is 4.48. The third-order valence-electron chi connectivity index (χ3n) is 5.63. The molecule has 0 radical (unpaired) electrons. The van der Waals surface area contributed by atoms with Crippen molar-refractivity contribution in [3.63, 3.8) is 0 Å². The summed E-state index contributed by atoms with van der Waals surface area (Å²) < 4.78 is 72.8. The van der Waals surface area contributed by atoms with Gasteiger partial charge in [-0.2, -0.15) is 17.2 Å². The number of hydrogen-bond acceptors (Lipinski definition) is 6. The van der Waals surface area contributed by atoms with Crippen molar-refractivity contribution in [2.75, 3.05) is 13.2 Å². The molecule has 0 aromatic heterocycles. The van der Waals surface area contributed by atoms with Crippen LogP contribution in [0.1, 0.15) is 39.0 Å². The van der Waals surface area contributed by atoms with Crippen LogP contribution in [0.4, 0.5) is 8.78 Å². The van der Waals surface area contributed by atoms with Gasteiger partial charge in [0, 0.05) is 0 Å². The molecule has 0 amide bonds.